The molecule has 2 aromatic rings. The Bertz CT molecular complexity index is 535. The molecular formula is C12H13F2N3O2. The maximum Gasteiger partial charge on any atom is 0.257 e. The number of ether oxygens (including phenoxy) is 1. The van der Waals surface area contributed by atoms with E-state index < -0.39 is 17.7 Å². The van der Waals surface area contributed by atoms with Gasteiger partial charge in [0.25, 0.3) is 5.89 Å². The van der Waals surface area contributed by atoms with Crippen LogP contribution in [-0.4, -0.2) is 23.8 Å². The Morgan fingerprint density at radius 2 is 2.00 bits per heavy atom. The number of hydrogen-bond donors (Lipinski definition) is 1. The first-order valence-corrected chi connectivity index (χ1v) is 5.62. The normalized spacial score (nSPS) is 12.6. The van der Waals surface area contributed by atoms with Crippen molar-refractivity contribution < 1.29 is 18.0 Å². The summed E-state index contributed by atoms with van der Waals surface area (Å²) in [5.74, 6) is -0.724. The number of aromatic nitrogens is 2. The van der Waals surface area contributed by atoms with Gasteiger partial charge >= 0.3 is 0 Å². The number of nitrogens with two attached hydrogens (primary N) is 1. The number of benzene rings is 1. The Morgan fingerprint density at radius 1 is 1.32 bits per heavy atom. The van der Waals surface area contributed by atoms with E-state index in [4.69, 9.17) is 15.0 Å². The van der Waals surface area contributed by atoms with E-state index in [0.717, 1.165) is 6.07 Å². The van der Waals surface area contributed by atoms with Crippen LogP contribution in [0.2, 0.25) is 0 Å². The fourth-order valence-electron chi connectivity index (χ4n) is 1.66. The van der Waals surface area contributed by atoms with Crippen molar-refractivity contribution in [1.82, 2.24) is 10.1 Å². The predicted molar refractivity (Wildman–Crippen MR) is 62.3 cm³/mol. The SMILES string of the molecule is COC(CN)c1nc(Cc2cc(F)cc(F)c2)no1. The Balaban J connectivity index is 2.15. The zero-order valence-corrected chi connectivity index (χ0v) is 10.3. The molecule has 19 heavy (non-hydrogen) atoms. The molecule has 2 rings (SSSR count). The third-order valence-corrected chi connectivity index (χ3v) is 2.54. The summed E-state index contributed by atoms with van der Waals surface area (Å²) in [7, 11) is 1.48. The lowest BCUT2D eigenvalue weighted by Gasteiger charge is -2.05. The van der Waals surface area contributed by atoms with Gasteiger partial charge in [-0.2, -0.15) is 4.98 Å². The fourth-order valence-corrected chi connectivity index (χ4v) is 1.66. The second-order valence-corrected chi connectivity index (χ2v) is 3.96. The van der Waals surface area contributed by atoms with Crippen LogP contribution in [0.1, 0.15) is 23.4 Å². The van der Waals surface area contributed by atoms with Crippen LogP contribution in [0.4, 0.5) is 8.78 Å². The number of nitrogens with zero attached hydrogens (tertiary/aromatic N) is 2. The van der Waals surface area contributed by atoms with Crippen molar-refractivity contribution >= 4 is 0 Å². The molecule has 5 nitrogen and oxygen atoms in total. The minimum atomic E-state index is -0.643. The van der Waals surface area contributed by atoms with E-state index in [-0.39, 0.29) is 18.9 Å². The molecule has 2 N–H and O–H groups in total. The van der Waals surface area contributed by atoms with Gasteiger partial charge in [0.15, 0.2) is 5.82 Å². The summed E-state index contributed by atoms with van der Waals surface area (Å²) in [6, 6.07) is 3.24. The Labute approximate surface area is 108 Å². The first-order valence-electron chi connectivity index (χ1n) is 5.62. The van der Waals surface area contributed by atoms with Gasteiger partial charge in [-0.3, -0.25) is 0 Å². The fraction of sp³-hybridized carbons (Fsp3) is 0.333. The molecule has 0 radical (unpaired) electrons. The lowest BCUT2D eigenvalue weighted by atomic mass is 10.1. The molecule has 1 atom stereocenters. The second-order valence-electron chi connectivity index (χ2n) is 3.96. The molecule has 0 fully saturated rings. The molecule has 0 saturated heterocycles. The van der Waals surface area contributed by atoms with Gasteiger partial charge in [-0.1, -0.05) is 5.16 Å². The van der Waals surface area contributed by atoms with Crippen LogP contribution in [0, 0.1) is 11.6 Å². The van der Waals surface area contributed by atoms with E-state index in [1.165, 1.54) is 19.2 Å². The van der Waals surface area contributed by atoms with E-state index >= 15 is 0 Å². The highest BCUT2D eigenvalue weighted by molar-refractivity contribution is 5.21. The van der Waals surface area contributed by atoms with Crippen molar-refractivity contribution in [2.75, 3.05) is 13.7 Å². The second kappa shape index (κ2) is 5.85. The van der Waals surface area contributed by atoms with E-state index in [9.17, 15) is 8.78 Å². The average Bonchev–Trinajstić information content (AvgIpc) is 2.78. The van der Waals surface area contributed by atoms with Crippen LogP contribution < -0.4 is 5.73 Å². The topological polar surface area (TPSA) is 74.2 Å². The van der Waals surface area contributed by atoms with Crippen molar-refractivity contribution in [3.05, 3.63) is 47.1 Å². The van der Waals surface area contributed by atoms with Crippen molar-refractivity contribution in [1.29, 1.82) is 0 Å². The average molecular weight is 269 g/mol. The zero-order chi connectivity index (χ0) is 13.8. The molecule has 1 aromatic carbocycles. The molecule has 0 aliphatic carbocycles. The summed E-state index contributed by atoms with van der Waals surface area (Å²) in [6.07, 6.45) is -0.315. The highest BCUT2D eigenvalue weighted by Crippen LogP contribution is 2.15. The molecular weight excluding hydrogens is 256 g/mol. The van der Waals surface area contributed by atoms with Crippen molar-refractivity contribution in [2.24, 2.45) is 5.73 Å². The maximum atomic E-state index is 13.0. The predicted octanol–water partition coefficient (Wildman–Crippen LogP) is 1.58. The summed E-state index contributed by atoms with van der Waals surface area (Å²) >= 11 is 0. The monoisotopic (exact) mass is 269 g/mol. The lowest BCUT2D eigenvalue weighted by molar-refractivity contribution is 0.0804. The molecule has 0 aliphatic rings. The minimum absolute atomic E-state index is 0.166. The van der Waals surface area contributed by atoms with Crippen LogP contribution >= 0.6 is 0 Å². The Morgan fingerprint density at radius 3 is 2.58 bits per heavy atom. The molecule has 1 aromatic heterocycles. The van der Waals surface area contributed by atoms with Gasteiger partial charge in [0.1, 0.15) is 17.7 Å². The molecule has 0 spiro atoms. The highest BCUT2D eigenvalue weighted by Gasteiger charge is 2.17. The summed E-state index contributed by atoms with van der Waals surface area (Å²) < 4.78 is 36.1. The van der Waals surface area contributed by atoms with E-state index in [1.807, 2.05) is 0 Å². The van der Waals surface area contributed by atoms with Gasteiger partial charge in [-0.15, -0.1) is 0 Å². The minimum Gasteiger partial charge on any atom is -0.370 e. The third-order valence-electron chi connectivity index (χ3n) is 2.54. The van der Waals surface area contributed by atoms with E-state index in [0.29, 0.717) is 11.4 Å². The lowest BCUT2D eigenvalue weighted by Crippen LogP contribution is -2.14. The number of methoxy groups -OCH3 is 1. The Hall–Kier alpha value is -1.86. The molecule has 1 heterocycles. The molecule has 7 heteroatoms. The van der Waals surface area contributed by atoms with Gasteiger partial charge in [0.05, 0.1) is 0 Å². The molecule has 0 amide bonds. The van der Waals surface area contributed by atoms with E-state index in [2.05, 4.69) is 10.1 Å². The molecule has 1 unspecified atom stereocenters. The van der Waals surface area contributed by atoms with Crippen molar-refractivity contribution in [3.63, 3.8) is 0 Å². The molecule has 0 bridgehead atoms. The molecule has 0 aliphatic heterocycles. The van der Waals surface area contributed by atoms with Gasteiger partial charge in [-0.05, 0) is 17.7 Å². The van der Waals surface area contributed by atoms with Crippen molar-refractivity contribution in [2.45, 2.75) is 12.5 Å². The summed E-state index contributed by atoms with van der Waals surface area (Å²) in [6.45, 7) is 0.201. The zero-order valence-electron chi connectivity index (χ0n) is 10.3. The smallest absolute Gasteiger partial charge is 0.257 e. The van der Waals surface area contributed by atoms with Crippen LogP contribution in [0.3, 0.4) is 0 Å². The first kappa shape index (κ1) is 13.6. The standard InChI is InChI=1S/C12H13F2N3O2/c1-18-10(6-15)12-16-11(17-19-12)4-7-2-8(13)5-9(14)3-7/h2-3,5,10H,4,6,15H2,1H3. The number of hydrogen-bond acceptors (Lipinski definition) is 5. The van der Waals surface area contributed by atoms with Gasteiger partial charge in [0, 0.05) is 26.1 Å². The summed E-state index contributed by atoms with van der Waals surface area (Å²) in [5.41, 5.74) is 5.89. The van der Waals surface area contributed by atoms with Crippen LogP contribution in [0.5, 0.6) is 0 Å². The third kappa shape index (κ3) is 3.33. The van der Waals surface area contributed by atoms with Crippen LogP contribution in [0.15, 0.2) is 22.7 Å². The van der Waals surface area contributed by atoms with Crippen molar-refractivity contribution in [3.8, 4) is 0 Å². The van der Waals surface area contributed by atoms with E-state index in [1.54, 1.807) is 0 Å². The van der Waals surface area contributed by atoms with Gasteiger partial charge in [-0.25, -0.2) is 8.78 Å². The summed E-state index contributed by atoms with van der Waals surface area (Å²) in [5, 5.41) is 3.72. The first-order chi connectivity index (χ1) is 9.12. The maximum absolute atomic E-state index is 13.0. The number of rotatable bonds is 5. The molecule has 0 saturated carbocycles. The largest absolute Gasteiger partial charge is 0.370 e. The molecule has 102 valence electrons. The quantitative estimate of drug-likeness (QED) is 0.892. The Kier molecular flexibility index (Phi) is 4.18. The van der Waals surface area contributed by atoms with Crippen LogP contribution in [0.25, 0.3) is 0 Å². The number of halogens is 2. The highest BCUT2D eigenvalue weighted by atomic mass is 19.1. The van der Waals surface area contributed by atoms with Gasteiger partial charge in [0.2, 0.25) is 0 Å². The van der Waals surface area contributed by atoms with Gasteiger partial charge < -0.3 is 15.0 Å². The summed E-state index contributed by atoms with van der Waals surface area (Å²) in [4.78, 5) is 4.08. The van der Waals surface area contributed by atoms with Crippen LogP contribution in [-0.2, 0) is 11.2 Å².